The van der Waals surface area contributed by atoms with Gasteiger partial charge in [0.1, 0.15) is 5.82 Å². The van der Waals surface area contributed by atoms with Crippen LogP contribution in [0.3, 0.4) is 0 Å². The van der Waals surface area contributed by atoms with E-state index >= 15 is 0 Å². The topological polar surface area (TPSA) is 28.0 Å². The second kappa shape index (κ2) is 10.5. The van der Waals surface area contributed by atoms with Gasteiger partial charge in [0.05, 0.1) is 0 Å². The van der Waals surface area contributed by atoms with E-state index in [1.165, 1.54) is 51.4 Å². The van der Waals surface area contributed by atoms with Crippen molar-refractivity contribution in [1.82, 2.24) is 5.01 Å². The third kappa shape index (κ3) is 5.96. The van der Waals surface area contributed by atoms with Crippen LogP contribution in [0.5, 0.6) is 0 Å². The fourth-order valence-corrected chi connectivity index (χ4v) is 4.29. The molecule has 0 heterocycles. The van der Waals surface area contributed by atoms with E-state index in [1.54, 1.807) is 16.2 Å². The van der Waals surface area contributed by atoms with Crippen LogP contribution < -0.4 is 0 Å². The second-order valence-corrected chi connectivity index (χ2v) is 8.09. The zero-order valence-electron chi connectivity index (χ0n) is 17.1. The Morgan fingerprint density at radius 3 is 2.73 bits per heavy atom. The van der Waals surface area contributed by atoms with Crippen molar-refractivity contribution in [3.8, 4) is 0 Å². The quantitative estimate of drug-likeness (QED) is 0.283. The summed E-state index contributed by atoms with van der Waals surface area (Å²) in [4.78, 5) is 4.02. The molecule has 2 unspecified atom stereocenters. The van der Waals surface area contributed by atoms with Crippen LogP contribution in [0.15, 0.2) is 45.3 Å². The summed E-state index contributed by atoms with van der Waals surface area (Å²) >= 11 is 0. The Hall–Kier alpha value is -1.64. The highest BCUT2D eigenvalue weighted by Gasteiger charge is 2.24. The molecule has 0 amide bonds. The number of allylic oxidation sites excluding steroid dienone is 5. The van der Waals surface area contributed by atoms with Crippen LogP contribution in [0.25, 0.3) is 0 Å². The summed E-state index contributed by atoms with van der Waals surface area (Å²) in [5.41, 5.74) is 3.32. The summed E-state index contributed by atoms with van der Waals surface area (Å²) in [7, 11) is 1.85. The van der Waals surface area contributed by atoms with Gasteiger partial charge in [0.25, 0.3) is 0 Å². The lowest BCUT2D eigenvalue weighted by atomic mass is 9.90. The summed E-state index contributed by atoms with van der Waals surface area (Å²) in [6.45, 7) is 11.9. The van der Waals surface area contributed by atoms with Gasteiger partial charge in [-0.1, -0.05) is 38.8 Å². The van der Waals surface area contributed by atoms with Crippen molar-refractivity contribution in [1.29, 1.82) is 0 Å². The average Bonchev–Trinajstić information content (AvgIpc) is 2.99. The molecule has 0 aromatic rings. The average molecular weight is 356 g/mol. The number of aliphatic imine (C=N–C) groups is 1. The highest BCUT2D eigenvalue weighted by molar-refractivity contribution is 5.38. The molecule has 0 N–H and O–H groups in total. The summed E-state index contributed by atoms with van der Waals surface area (Å²) < 4.78 is 0. The molecule has 0 saturated heterocycles. The van der Waals surface area contributed by atoms with E-state index in [-0.39, 0.29) is 0 Å². The predicted molar refractivity (Wildman–Crippen MR) is 114 cm³/mol. The van der Waals surface area contributed by atoms with E-state index in [2.05, 4.69) is 55.6 Å². The fourth-order valence-electron chi connectivity index (χ4n) is 4.29. The number of fused-ring (bicyclic) bond motifs is 1. The Labute approximate surface area is 160 Å². The van der Waals surface area contributed by atoms with Crippen molar-refractivity contribution in [2.45, 2.75) is 71.6 Å². The largest absolute Gasteiger partial charge is 0.252 e. The van der Waals surface area contributed by atoms with Crippen LogP contribution >= 0.6 is 0 Å². The predicted octanol–water partition coefficient (Wildman–Crippen LogP) is 6.36. The molecular formula is C23H37N3. The Balaban J connectivity index is 1.89. The van der Waals surface area contributed by atoms with Gasteiger partial charge in [-0.05, 0) is 86.6 Å². The summed E-state index contributed by atoms with van der Waals surface area (Å²) in [6.07, 6.45) is 18.8. The van der Waals surface area contributed by atoms with Gasteiger partial charge in [-0.3, -0.25) is 5.01 Å². The number of hydrogen-bond acceptors (Lipinski definition) is 3. The Bertz CT molecular complexity index is 570. The van der Waals surface area contributed by atoms with Crippen LogP contribution in [-0.2, 0) is 0 Å². The molecule has 26 heavy (non-hydrogen) atoms. The molecule has 0 aliphatic heterocycles. The summed E-state index contributed by atoms with van der Waals surface area (Å²) in [5, 5.41) is 5.55. The molecule has 2 aliphatic carbocycles. The zero-order valence-corrected chi connectivity index (χ0v) is 17.1. The van der Waals surface area contributed by atoms with Crippen molar-refractivity contribution in [2.24, 2.45) is 27.8 Å². The highest BCUT2D eigenvalue weighted by atomic mass is 15.5. The van der Waals surface area contributed by atoms with Gasteiger partial charge in [-0.25, -0.2) is 4.99 Å². The molecule has 1 fully saturated rings. The number of unbranched alkanes of at least 4 members (excludes halogenated alkanes) is 2. The van der Waals surface area contributed by atoms with Crippen LogP contribution in [0.1, 0.15) is 71.6 Å². The summed E-state index contributed by atoms with van der Waals surface area (Å²) in [5.74, 6) is 3.04. The van der Waals surface area contributed by atoms with Gasteiger partial charge < -0.3 is 0 Å². The van der Waals surface area contributed by atoms with E-state index in [4.69, 9.17) is 0 Å². The number of hydrogen-bond donors (Lipinski definition) is 0. The first-order valence-corrected chi connectivity index (χ1v) is 10.3. The van der Waals surface area contributed by atoms with Crippen LogP contribution in [0.4, 0.5) is 0 Å². The maximum absolute atomic E-state index is 4.02. The third-order valence-corrected chi connectivity index (χ3v) is 5.95. The SMILES string of the molecule is C=N/C(=C\CCCCC1/C=C2\C(=C/[C@H](C)CCC1)CCC2C)N(C)N=C. The van der Waals surface area contributed by atoms with Gasteiger partial charge in [0.15, 0.2) is 0 Å². The molecule has 0 radical (unpaired) electrons. The third-order valence-electron chi connectivity index (χ3n) is 5.95. The first kappa shape index (κ1) is 20.7. The minimum Gasteiger partial charge on any atom is -0.252 e. The van der Waals surface area contributed by atoms with Gasteiger partial charge >= 0.3 is 0 Å². The maximum atomic E-state index is 4.02. The normalized spacial score (nSPS) is 30.7. The number of rotatable bonds is 8. The summed E-state index contributed by atoms with van der Waals surface area (Å²) in [6, 6.07) is 0. The zero-order chi connectivity index (χ0) is 18.9. The van der Waals surface area contributed by atoms with E-state index in [0.717, 1.165) is 30.0 Å². The Morgan fingerprint density at radius 1 is 1.19 bits per heavy atom. The standard InChI is InChI=1S/C23H37N3/c1-18-10-9-12-20(17-22-19(2)14-15-21(22)16-18)11-7-6-8-13-23(24-3)26(5)25-4/h13,16-20H,3-4,6-12,14-15H2,1-2,5H3/b21-16-,22-17-,23-13+/t18-,19?,20?/m1/s1. The van der Waals surface area contributed by atoms with Gasteiger partial charge in [-0.2, -0.15) is 5.10 Å². The van der Waals surface area contributed by atoms with Crippen molar-refractivity contribution in [2.75, 3.05) is 7.05 Å². The Morgan fingerprint density at radius 2 is 2.00 bits per heavy atom. The minimum absolute atomic E-state index is 0.739. The van der Waals surface area contributed by atoms with Crippen LogP contribution in [0.2, 0.25) is 0 Å². The van der Waals surface area contributed by atoms with Crippen molar-refractivity contribution in [3.05, 3.63) is 35.2 Å². The monoisotopic (exact) mass is 355 g/mol. The molecule has 2 aliphatic rings. The lowest BCUT2D eigenvalue weighted by Gasteiger charge is -2.15. The molecule has 2 rings (SSSR count). The minimum atomic E-state index is 0.739. The fraction of sp³-hybridized carbons (Fsp3) is 0.652. The second-order valence-electron chi connectivity index (χ2n) is 8.09. The van der Waals surface area contributed by atoms with Crippen molar-refractivity contribution >= 4 is 13.4 Å². The molecule has 0 aromatic heterocycles. The highest BCUT2D eigenvalue weighted by Crippen LogP contribution is 2.39. The van der Waals surface area contributed by atoms with E-state index in [1.807, 2.05) is 7.05 Å². The smallest absolute Gasteiger partial charge is 0.143 e. The molecule has 0 aromatic carbocycles. The molecular weight excluding hydrogens is 318 g/mol. The molecule has 3 nitrogen and oxygen atoms in total. The van der Waals surface area contributed by atoms with E-state index in [0.29, 0.717) is 0 Å². The molecule has 144 valence electrons. The molecule has 0 spiro atoms. The Kier molecular flexibility index (Phi) is 8.34. The molecule has 0 bridgehead atoms. The molecule has 3 atom stereocenters. The van der Waals surface area contributed by atoms with Crippen LogP contribution in [-0.4, -0.2) is 25.5 Å². The molecule has 1 saturated carbocycles. The van der Waals surface area contributed by atoms with Crippen molar-refractivity contribution < 1.29 is 0 Å². The van der Waals surface area contributed by atoms with Gasteiger partial charge in [0, 0.05) is 13.8 Å². The molecule has 3 heteroatoms. The number of hydrazone groups is 1. The van der Waals surface area contributed by atoms with Gasteiger partial charge in [-0.15, -0.1) is 0 Å². The van der Waals surface area contributed by atoms with Gasteiger partial charge in [0.2, 0.25) is 0 Å². The first-order valence-electron chi connectivity index (χ1n) is 10.3. The van der Waals surface area contributed by atoms with Crippen LogP contribution in [0, 0.1) is 17.8 Å². The maximum Gasteiger partial charge on any atom is 0.143 e. The lowest BCUT2D eigenvalue weighted by Crippen LogP contribution is -2.07. The number of nitrogens with zero attached hydrogens (tertiary/aromatic N) is 3. The van der Waals surface area contributed by atoms with Crippen molar-refractivity contribution in [3.63, 3.8) is 0 Å². The lowest BCUT2D eigenvalue weighted by molar-refractivity contribution is 0.441. The first-order chi connectivity index (χ1) is 12.5. The van der Waals surface area contributed by atoms with E-state index < -0.39 is 0 Å². The van der Waals surface area contributed by atoms with E-state index in [9.17, 15) is 0 Å².